The van der Waals surface area contributed by atoms with Crippen molar-refractivity contribution < 1.29 is 18.0 Å². The largest absolute Gasteiger partial charge is 0.416 e. The maximum absolute atomic E-state index is 12.9. The van der Waals surface area contributed by atoms with E-state index >= 15 is 0 Å². The zero-order valence-electron chi connectivity index (χ0n) is 12.8. The van der Waals surface area contributed by atoms with Crippen LogP contribution in [0.25, 0.3) is 0 Å². The predicted molar refractivity (Wildman–Crippen MR) is 89.4 cm³/mol. The molecule has 0 fully saturated rings. The first-order valence-electron chi connectivity index (χ1n) is 7.22. The number of halogens is 4. The van der Waals surface area contributed by atoms with E-state index in [4.69, 9.17) is 11.6 Å². The molecule has 2 amide bonds. The Balaban J connectivity index is 1.85. The fourth-order valence-electron chi connectivity index (χ4n) is 2.21. The van der Waals surface area contributed by atoms with E-state index < -0.39 is 17.8 Å². The first kappa shape index (κ1) is 18.6. The van der Waals surface area contributed by atoms with Crippen molar-refractivity contribution >= 4 is 29.0 Å². The second kappa shape index (κ2) is 7.90. The van der Waals surface area contributed by atoms with Crippen molar-refractivity contribution in [1.29, 1.82) is 0 Å². The normalized spacial score (nSPS) is 12.7. The van der Waals surface area contributed by atoms with E-state index in [9.17, 15) is 18.0 Å². The highest BCUT2D eigenvalue weighted by Crippen LogP contribution is 2.32. The highest BCUT2D eigenvalue weighted by Gasteiger charge is 2.32. The van der Waals surface area contributed by atoms with Gasteiger partial charge in [-0.15, -0.1) is 11.3 Å². The number of nitrogens with one attached hydrogen (secondary N) is 2. The molecule has 1 heterocycles. The summed E-state index contributed by atoms with van der Waals surface area (Å²) < 4.78 is 39.3. The summed E-state index contributed by atoms with van der Waals surface area (Å²) in [6, 6.07) is 8.24. The van der Waals surface area contributed by atoms with Crippen LogP contribution >= 0.6 is 22.9 Å². The number of carbonyl (C=O) groups is 1. The second-order valence-electron chi connectivity index (χ2n) is 5.17. The van der Waals surface area contributed by atoms with Gasteiger partial charge in [0.1, 0.15) is 0 Å². The molecule has 0 aliphatic heterocycles. The summed E-state index contributed by atoms with van der Waals surface area (Å²) in [5, 5.41) is 5.29. The highest BCUT2D eigenvalue weighted by molar-refractivity contribution is 7.16. The van der Waals surface area contributed by atoms with Gasteiger partial charge in [-0.3, -0.25) is 0 Å². The molecule has 1 aromatic heterocycles. The number of carbonyl (C=O) groups excluding carboxylic acids is 1. The summed E-state index contributed by atoms with van der Waals surface area (Å²) in [4.78, 5) is 12.7. The third kappa shape index (κ3) is 5.14. The Hall–Kier alpha value is -1.73. The number of benzene rings is 1. The van der Waals surface area contributed by atoms with Gasteiger partial charge in [-0.05, 0) is 37.1 Å². The SMILES string of the molecule is CC(NC(=O)NCCc1ccccc1C(F)(F)F)c1ccc(Cl)s1. The molecule has 1 atom stereocenters. The van der Waals surface area contributed by atoms with Crippen LogP contribution < -0.4 is 10.6 Å². The van der Waals surface area contributed by atoms with Crippen LogP contribution in [0, 0.1) is 0 Å². The number of urea groups is 1. The molecular formula is C16H16ClF3N2OS. The summed E-state index contributed by atoms with van der Waals surface area (Å²) in [5.74, 6) is 0. The maximum atomic E-state index is 12.9. The molecule has 8 heteroatoms. The van der Waals surface area contributed by atoms with Gasteiger partial charge in [-0.1, -0.05) is 29.8 Å². The van der Waals surface area contributed by atoms with E-state index in [0.29, 0.717) is 4.34 Å². The number of rotatable bonds is 5. The van der Waals surface area contributed by atoms with E-state index in [0.717, 1.165) is 10.9 Å². The van der Waals surface area contributed by atoms with Gasteiger partial charge in [0, 0.05) is 11.4 Å². The Morgan fingerprint density at radius 2 is 1.96 bits per heavy atom. The first-order valence-corrected chi connectivity index (χ1v) is 8.41. The molecule has 0 aliphatic rings. The third-order valence-electron chi connectivity index (χ3n) is 3.37. The fraction of sp³-hybridized carbons (Fsp3) is 0.312. The molecule has 0 aliphatic carbocycles. The minimum Gasteiger partial charge on any atom is -0.338 e. The molecule has 0 saturated carbocycles. The summed E-state index contributed by atoms with van der Waals surface area (Å²) in [7, 11) is 0. The third-order valence-corrected chi connectivity index (χ3v) is 4.78. The second-order valence-corrected chi connectivity index (χ2v) is 6.92. The Labute approximate surface area is 146 Å². The van der Waals surface area contributed by atoms with Gasteiger partial charge in [0.25, 0.3) is 0 Å². The summed E-state index contributed by atoms with van der Waals surface area (Å²) in [6.07, 6.45) is -4.30. The van der Waals surface area contributed by atoms with Crippen LogP contribution in [0.2, 0.25) is 4.34 Å². The fourth-order valence-corrected chi connectivity index (χ4v) is 3.27. The van der Waals surface area contributed by atoms with Crippen molar-refractivity contribution in [3.63, 3.8) is 0 Å². The van der Waals surface area contributed by atoms with Gasteiger partial charge in [0.05, 0.1) is 15.9 Å². The van der Waals surface area contributed by atoms with Crippen molar-refractivity contribution in [2.45, 2.75) is 25.6 Å². The van der Waals surface area contributed by atoms with Crippen LogP contribution in [0.1, 0.15) is 29.0 Å². The highest BCUT2D eigenvalue weighted by atomic mass is 35.5. The molecule has 130 valence electrons. The maximum Gasteiger partial charge on any atom is 0.416 e. The number of thiophene rings is 1. The van der Waals surface area contributed by atoms with Crippen molar-refractivity contribution in [3.05, 3.63) is 56.7 Å². The zero-order valence-corrected chi connectivity index (χ0v) is 14.4. The van der Waals surface area contributed by atoms with E-state index in [1.807, 2.05) is 6.07 Å². The molecule has 0 radical (unpaired) electrons. The van der Waals surface area contributed by atoms with Crippen molar-refractivity contribution in [3.8, 4) is 0 Å². The topological polar surface area (TPSA) is 41.1 Å². The standard InChI is InChI=1S/C16H16ClF3N2OS/c1-10(13-6-7-14(17)24-13)22-15(23)21-9-8-11-4-2-3-5-12(11)16(18,19)20/h2-7,10H,8-9H2,1H3,(H2,21,22,23). The Morgan fingerprint density at radius 1 is 1.25 bits per heavy atom. The molecule has 3 nitrogen and oxygen atoms in total. The van der Waals surface area contributed by atoms with E-state index in [1.54, 1.807) is 19.1 Å². The van der Waals surface area contributed by atoms with E-state index in [2.05, 4.69) is 10.6 Å². The summed E-state index contributed by atoms with van der Waals surface area (Å²) >= 11 is 7.20. The van der Waals surface area contributed by atoms with Crippen LogP contribution in [-0.2, 0) is 12.6 Å². The Kier molecular flexibility index (Phi) is 6.12. The smallest absolute Gasteiger partial charge is 0.338 e. The average molecular weight is 377 g/mol. The molecule has 2 N–H and O–H groups in total. The molecule has 2 aromatic rings. The predicted octanol–water partition coefficient (Wildman–Crippen LogP) is 5.02. The molecule has 0 spiro atoms. The van der Waals surface area contributed by atoms with E-state index in [-0.39, 0.29) is 24.6 Å². The first-order chi connectivity index (χ1) is 11.3. The number of alkyl halides is 3. The van der Waals surface area contributed by atoms with Gasteiger partial charge in [-0.25, -0.2) is 4.79 Å². The van der Waals surface area contributed by atoms with Gasteiger partial charge in [0.15, 0.2) is 0 Å². The number of amides is 2. The lowest BCUT2D eigenvalue weighted by Crippen LogP contribution is -2.37. The molecular weight excluding hydrogens is 361 g/mol. The quantitative estimate of drug-likeness (QED) is 0.755. The molecule has 24 heavy (non-hydrogen) atoms. The van der Waals surface area contributed by atoms with Crippen molar-refractivity contribution in [2.75, 3.05) is 6.54 Å². The Morgan fingerprint density at radius 3 is 2.58 bits per heavy atom. The van der Waals surface area contributed by atoms with Crippen LogP contribution in [0.4, 0.5) is 18.0 Å². The van der Waals surface area contributed by atoms with Crippen LogP contribution in [-0.4, -0.2) is 12.6 Å². The van der Waals surface area contributed by atoms with Crippen molar-refractivity contribution in [1.82, 2.24) is 10.6 Å². The summed E-state index contributed by atoms with van der Waals surface area (Å²) in [6.45, 7) is 1.91. The van der Waals surface area contributed by atoms with Gasteiger partial charge in [-0.2, -0.15) is 13.2 Å². The number of hydrogen-bond acceptors (Lipinski definition) is 2. The lowest BCUT2D eigenvalue weighted by molar-refractivity contribution is -0.138. The number of hydrogen-bond donors (Lipinski definition) is 2. The van der Waals surface area contributed by atoms with Gasteiger partial charge < -0.3 is 10.6 Å². The van der Waals surface area contributed by atoms with E-state index in [1.165, 1.54) is 23.5 Å². The minimum atomic E-state index is -4.40. The molecule has 0 saturated heterocycles. The molecule has 0 bridgehead atoms. The van der Waals surface area contributed by atoms with Gasteiger partial charge >= 0.3 is 12.2 Å². The van der Waals surface area contributed by atoms with Crippen LogP contribution in [0.5, 0.6) is 0 Å². The molecule has 1 unspecified atom stereocenters. The molecule has 1 aromatic carbocycles. The lowest BCUT2D eigenvalue weighted by Gasteiger charge is -2.15. The Bertz CT molecular complexity index is 703. The van der Waals surface area contributed by atoms with Crippen molar-refractivity contribution in [2.24, 2.45) is 0 Å². The zero-order chi connectivity index (χ0) is 17.7. The van der Waals surface area contributed by atoms with Gasteiger partial charge in [0.2, 0.25) is 0 Å². The monoisotopic (exact) mass is 376 g/mol. The minimum absolute atomic E-state index is 0.0995. The average Bonchev–Trinajstić information content (AvgIpc) is 2.93. The van der Waals surface area contributed by atoms with Crippen LogP contribution in [0.3, 0.4) is 0 Å². The lowest BCUT2D eigenvalue weighted by atomic mass is 10.0. The molecule has 2 rings (SSSR count). The van der Waals surface area contributed by atoms with Crippen LogP contribution in [0.15, 0.2) is 36.4 Å². The summed E-state index contributed by atoms with van der Waals surface area (Å²) in [5.41, 5.74) is -0.516.